The Morgan fingerprint density at radius 2 is 1.87 bits per heavy atom. The summed E-state index contributed by atoms with van der Waals surface area (Å²) in [5.41, 5.74) is 7.34. The van der Waals surface area contributed by atoms with Crippen LogP contribution in [0.15, 0.2) is 22.7 Å². The fraction of sp³-hybridized carbons (Fsp3) is 0.500. The van der Waals surface area contributed by atoms with Crippen molar-refractivity contribution >= 4 is 15.9 Å². The van der Waals surface area contributed by atoms with Gasteiger partial charge in [0.1, 0.15) is 5.75 Å². The van der Waals surface area contributed by atoms with E-state index in [1.165, 1.54) is 19.3 Å². The second-order valence-corrected chi connectivity index (χ2v) is 5.24. The van der Waals surface area contributed by atoms with Gasteiger partial charge in [0.05, 0.1) is 0 Å². The molecule has 1 saturated carbocycles. The molecule has 0 unspecified atom stereocenters. The smallest absolute Gasteiger partial charge is 0.116 e. The van der Waals surface area contributed by atoms with Gasteiger partial charge in [-0.15, -0.1) is 0 Å². The molecule has 0 bridgehead atoms. The Morgan fingerprint density at radius 3 is 2.47 bits per heavy atom. The van der Waals surface area contributed by atoms with E-state index >= 15 is 0 Å². The maximum atomic E-state index is 9.35. The zero-order chi connectivity index (χ0) is 10.9. The molecular weight excluding hydrogens is 254 g/mol. The standard InChI is InChI=1S/C12H16BrNO/c13-11-8-9(15)4-5-10(11)12(14)6-2-1-3-7-12/h4-5,8,15H,1-3,6-7,14H2. The second-order valence-electron chi connectivity index (χ2n) is 4.38. The van der Waals surface area contributed by atoms with Gasteiger partial charge in [-0.2, -0.15) is 0 Å². The largest absolute Gasteiger partial charge is 0.508 e. The van der Waals surface area contributed by atoms with Crippen LogP contribution in [0.2, 0.25) is 0 Å². The van der Waals surface area contributed by atoms with Gasteiger partial charge in [-0.25, -0.2) is 0 Å². The molecular formula is C12H16BrNO. The Morgan fingerprint density at radius 1 is 1.20 bits per heavy atom. The van der Waals surface area contributed by atoms with Crippen molar-refractivity contribution in [1.82, 2.24) is 0 Å². The number of aromatic hydroxyl groups is 1. The molecule has 15 heavy (non-hydrogen) atoms. The molecule has 2 nitrogen and oxygen atoms in total. The van der Waals surface area contributed by atoms with E-state index in [1.54, 1.807) is 12.1 Å². The highest BCUT2D eigenvalue weighted by atomic mass is 79.9. The van der Waals surface area contributed by atoms with Crippen molar-refractivity contribution < 1.29 is 5.11 Å². The summed E-state index contributed by atoms with van der Waals surface area (Å²) in [6, 6.07) is 5.37. The number of phenols is 1. The van der Waals surface area contributed by atoms with Crippen molar-refractivity contribution in [2.75, 3.05) is 0 Å². The minimum Gasteiger partial charge on any atom is -0.508 e. The first-order valence-corrected chi connectivity index (χ1v) is 6.19. The van der Waals surface area contributed by atoms with Gasteiger partial charge in [0.25, 0.3) is 0 Å². The Labute approximate surface area is 98.6 Å². The van der Waals surface area contributed by atoms with Crippen LogP contribution in [0.25, 0.3) is 0 Å². The lowest BCUT2D eigenvalue weighted by Crippen LogP contribution is -2.38. The van der Waals surface area contributed by atoms with E-state index in [4.69, 9.17) is 5.73 Å². The summed E-state index contributed by atoms with van der Waals surface area (Å²) >= 11 is 3.48. The van der Waals surface area contributed by atoms with Gasteiger partial charge < -0.3 is 10.8 Å². The van der Waals surface area contributed by atoms with Crippen LogP contribution in [-0.4, -0.2) is 5.11 Å². The summed E-state index contributed by atoms with van der Waals surface area (Å²) in [5.74, 6) is 0.282. The molecule has 2 rings (SSSR count). The number of hydrogen-bond donors (Lipinski definition) is 2. The van der Waals surface area contributed by atoms with E-state index in [9.17, 15) is 5.11 Å². The molecule has 0 atom stereocenters. The molecule has 82 valence electrons. The highest BCUT2D eigenvalue weighted by Gasteiger charge is 2.30. The summed E-state index contributed by atoms with van der Waals surface area (Å²) in [5, 5.41) is 9.35. The normalized spacial score (nSPS) is 20.1. The molecule has 1 fully saturated rings. The predicted molar refractivity (Wildman–Crippen MR) is 64.8 cm³/mol. The fourth-order valence-electron chi connectivity index (χ4n) is 2.36. The number of nitrogens with two attached hydrogens (primary N) is 1. The van der Waals surface area contributed by atoms with Crippen LogP contribution in [-0.2, 0) is 5.54 Å². The molecule has 0 amide bonds. The second kappa shape index (κ2) is 4.14. The van der Waals surface area contributed by atoms with E-state index in [0.29, 0.717) is 0 Å². The highest BCUT2D eigenvalue weighted by molar-refractivity contribution is 9.10. The first kappa shape index (κ1) is 11.0. The predicted octanol–water partition coefficient (Wildman–Crippen LogP) is 3.27. The minimum atomic E-state index is -0.204. The molecule has 1 aromatic rings. The summed E-state index contributed by atoms with van der Waals surface area (Å²) in [7, 11) is 0. The average Bonchev–Trinajstić information content (AvgIpc) is 2.18. The van der Waals surface area contributed by atoms with Crippen molar-refractivity contribution in [2.24, 2.45) is 5.73 Å². The van der Waals surface area contributed by atoms with E-state index in [2.05, 4.69) is 15.9 Å². The van der Waals surface area contributed by atoms with Crippen LogP contribution in [0.3, 0.4) is 0 Å². The summed E-state index contributed by atoms with van der Waals surface area (Å²) in [6.07, 6.45) is 5.76. The van der Waals surface area contributed by atoms with Crippen molar-refractivity contribution in [3.8, 4) is 5.75 Å². The van der Waals surface area contributed by atoms with E-state index in [-0.39, 0.29) is 11.3 Å². The number of rotatable bonds is 1. The van der Waals surface area contributed by atoms with Gasteiger partial charge >= 0.3 is 0 Å². The van der Waals surface area contributed by atoms with Gasteiger partial charge in [0.15, 0.2) is 0 Å². The zero-order valence-corrected chi connectivity index (χ0v) is 10.3. The monoisotopic (exact) mass is 269 g/mol. The molecule has 1 aliphatic carbocycles. The third kappa shape index (κ3) is 2.18. The summed E-state index contributed by atoms with van der Waals surface area (Å²) in [4.78, 5) is 0. The van der Waals surface area contributed by atoms with Gasteiger partial charge in [-0.1, -0.05) is 41.3 Å². The van der Waals surface area contributed by atoms with Crippen LogP contribution < -0.4 is 5.73 Å². The fourth-order valence-corrected chi connectivity index (χ4v) is 3.12. The highest BCUT2D eigenvalue weighted by Crippen LogP contribution is 2.39. The molecule has 0 saturated heterocycles. The molecule has 0 heterocycles. The molecule has 1 aromatic carbocycles. The zero-order valence-electron chi connectivity index (χ0n) is 8.67. The first-order valence-electron chi connectivity index (χ1n) is 5.40. The molecule has 0 spiro atoms. The van der Waals surface area contributed by atoms with Gasteiger partial charge in [-0.3, -0.25) is 0 Å². The van der Waals surface area contributed by atoms with Crippen molar-refractivity contribution in [3.63, 3.8) is 0 Å². The number of benzene rings is 1. The number of phenolic OH excluding ortho intramolecular Hbond substituents is 1. The maximum absolute atomic E-state index is 9.35. The van der Waals surface area contributed by atoms with Crippen LogP contribution in [0, 0.1) is 0 Å². The average molecular weight is 270 g/mol. The van der Waals surface area contributed by atoms with Crippen LogP contribution >= 0.6 is 15.9 Å². The van der Waals surface area contributed by atoms with E-state index in [1.807, 2.05) is 6.07 Å². The van der Waals surface area contributed by atoms with Gasteiger partial charge in [-0.05, 0) is 30.5 Å². The number of halogens is 1. The lowest BCUT2D eigenvalue weighted by atomic mass is 9.77. The van der Waals surface area contributed by atoms with E-state index < -0.39 is 0 Å². The molecule has 3 N–H and O–H groups in total. The maximum Gasteiger partial charge on any atom is 0.116 e. The van der Waals surface area contributed by atoms with Crippen LogP contribution in [0.5, 0.6) is 5.75 Å². The molecule has 0 radical (unpaired) electrons. The molecule has 1 aliphatic rings. The Kier molecular flexibility index (Phi) is 3.03. The molecule has 0 aromatic heterocycles. The Bertz CT molecular complexity index is 359. The third-order valence-corrected chi connectivity index (χ3v) is 3.89. The van der Waals surface area contributed by atoms with Crippen molar-refractivity contribution in [3.05, 3.63) is 28.2 Å². The van der Waals surface area contributed by atoms with Crippen molar-refractivity contribution in [1.29, 1.82) is 0 Å². The quantitative estimate of drug-likeness (QED) is 0.822. The lowest BCUT2D eigenvalue weighted by Gasteiger charge is -2.34. The van der Waals surface area contributed by atoms with Gasteiger partial charge in [0.2, 0.25) is 0 Å². The lowest BCUT2D eigenvalue weighted by molar-refractivity contribution is 0.301. The summed E-state index contributed by atoms with van der Waals surface area (Å²) < 4.78 is 0.923. The SMILES string of the molecule is NC1(c2ccc(O)cc2Br)CCCCC1. The minimum absolute atomic E-state index is 0.204. The molecule has 3 heteroatoms. The Hall–Kier alpha value is -0.540. The number of hydrogen-bond acceptors (Lipinski definition) is 2. The first-order chi connectivity index (χ1) is 7.12. The van der Waals surface area contributed by atoms with Crippen LogP contribution in [0.4, 0.5) is 0 Å². The van der Waals surface area contributed by atoms with Crippen LogP contribution in [0.1, 0.15) is 37.7 Å². The molecule has 0 aliphatic heterocycles. The van der Waals surface area contributed by atoms with Gasteiger partial charge in [0, 0.05) is 10.0 Å². The third-order valence-electron chi connectivity index (χ3n) is 3.23. The summed E-state index contributed by atoms with van der Waals surface area (Å²) in [6.45, 7) is 0. The van der Waals surface area contributed by atoms with E-state index in [0.717, 1.165) is 22.9 Å². The Balaban J connectivity index is 2.35. The van der Waals surface area contributed by atoms with Crippen molar-refractivity contribution in [2.45, 2.75) is 37.6 Å². The topological polar surface area (TPSA) is 46.2 Å².